The lowest BCUT2D eigenvalue weighted by Crippen LogP contribution is -2.48. The van der Waals surface area contributed by atoms with Gasteiger partial charge in [0, 0.05) is 60.8 Å². The summed E-state index contributed by atoms with van der Waals surface area (Å²) in [6.07, 6.45) is 8.10. The number of rotatable bonds is 6. The average molecular weight is 426 g/mol. The molecule has 2 aromatic rings. The molecule has 1 saturated carbocycles. The number of hydrogen-bond acceptors (Lipinski definition) is 6. The van der Waals surface area contributed by atoms with E-state index in [9.17, 15) is 4.79 Å². The molecule has 2 saturated heterocycles. The van der Waals surface area contributed by atoms with Gasteiger partial charge in [0.25, 0.3) is 0 Å². The SMILES string of the molecule is Cc1ccc(CN2CCC[C@@]3(C(=O)NCC4CC4)CN(c4ncccn4)C[C@@H]3C2)s1. The summed E-state index contributed by atoms with van der Waals surface area (Å²) in [4.78, 5) is 30.1. The summed E-state index contributed by atoms with van der Waals surface area (Å²) < 4.78 is 0. The third kappa shape index (κ3) is 4.10. The molecule has 0 aromatic carbocycles. The molecule has 0 unspecified atom stereocenters. The van der Waals surface area contributed by atoms with E-state index in [2.05, 4.69) is 44.1 Å². The van der Waals surface area contributed by atoms with Crippen molar-refractivity contribution in [1.82, 2.24) is 20.2 Å². The van der Waals surface area contributed by atoms with Crippen LogP contribution in [0.5, 0.6) is 0 Å². The first-order valence-corrected chi connectivity index (χ1v) is 12.0. The zero-order valence-corrected chi connectivity index (χ0v) is 18.5. The van der Waals surface area contributed by atoms with Gasteiger partial charge in [-0.25, -0.2) is 9.97 Å². The van der Waals surface area contributed by atoms with Crippen molar-refractivity contribution < 1.29 is 4.79 Å². The maximum absolute atomic E-state index is 13.5. The minimum atomic E-state index is -0.339. The van der Waals surface area contributed by atoms with Crippen LogP contribution in [0.15, 0.2) is 30.6 Å². The van der Waals surface area contributed by atoms with E-state index >= 15 is 0 Å². The maximum Gasteiger partial charge on any atom is 0.228 e. The third-order valence-corrected chi connectivity index (χ3v) is 7.97. The molecule has 4 heterocycles. The van der Waals surface area contributed by atoms with Gasteiger partial charge in [0.2, 0.25) is 11.9 Å². The molecule has 3 aliphatic rings. The first-order valence-electron chi connectivity index (χ1n) is 11.2. The van der Waals surface area contributed by atoms with Gasteiger partial charge in [-0.1, -0.05) is 0 Å². The number of anilines is 1. The number of carbonyl (C=O) groups excluding carboxylic acids is 1. The van der Waals surface area contributed by atoms with Crippen molar-refractivity contribution in [2.45, 2.75) is 39.2 Å². The van der Waals surface area contributed by atoms with Crippen molar-refractivity contribution in [2.24, 2.45) is 17.3 Å². The van der Waals surface area contributed by atoms with Gasteiger partial charge in [0.05, 0.1) is 5.41 Å². The monoisotopic (exact) mass is 425 g/mol. The molecule has 1 aliphatic carbocycles. The smallest absolute Gasteiger partial charge is 0.228 e. The Balaban J connectivity index is 1.37. The fourth-order valence-electron chi connectivity index (χ4n) is 5.16. The van der Waals surface area contributed by atoms with Crippen molar-refractivity contribution in [2.75, 3.05) is 37.6 Å². The fraction of sp³-hybridized carbons (Fsp3) is 0.609. The number of likely N-dealkylation sites (tertiary alicyclic amines) is 1. The fourth-order valence-corrected chi connectivity index (χ4v) is 6.09. The summed E-state index contributed by atoms with van der Waals surface area (Å²) in [5.74, 6) is 2.00. The molecule has 1 N–H and O–H groups in total. The zero-order chi connectivity index (χ0) is 20.6. The minimum absolute atomic E-state index is 0.256. The maximum atomic E-state index is 13.5. The molecule has 1 amide bonds. The predicted octanol–water partition coefficient (Wildman–Crippen LogP) is 3.09. The number of carbonyl (C=O) groups is 1. The first kappa shape index (κ1) is 19.9. The van der Waals surface area contributed by atoms with Gasteiger partial charge < -0.3 is 10.2 Å². The number of amides is 1. The number of hydrogen-bond donors (Lipinski definition) is 1. The van der Waals surface area contributed by atoms with Crippen LogP contribution in [-0.4, -0.2) is 53.5 Å². The Morgan fingerprint density at radius 3 is 2.83 bits per heavy atom. The van der Waals surface area contributed by atoms with Crippen molar-refractivity contribution in [3.05, 3.63) is 40.3 Å². The Morgan fingerprint density at radius 2 is 2.10 bits per heavy atom. The lowest BCUT2D eigenvalue weighted by Gasteiger charge is -2.32. The van der Waals surface area contributed by atoms with E-state index < -0.39 is 0 Å². The van der Waals surface area contributed by atoms with E-state index in [-0.39, 0.29) is 11.3 Å². The van der Waals surface area contributed by atoms with E-state index in [1.54, 1.807) is 12.4 Å². The van der Waals surface area contributed by atoms with Crippen LogP contribution in [0.25, 0.3) is 0 Å². The Morgan fingerprint density at radius 1 is 1.27 bits per heavy atom. The summed E-state index contributed by atoms with van der Waals surface area (Å²) in [5.41, 5.74) is -0.339. The molecule has 2 aromatic heterocycles. The van der Waals surface area contributed by atoms with Gasteiger partial charge in [-0.2, -0.15) is 0 Å². The summed E-state index contributed by atoms with van der Waals surface area (Å²) in [6, 6.07) is 6.30. The highest BCUT2D eigenvalue weighted by Crippen LogP contribution is 2.44. The van der Waals surface area contributed by atoms with Gasteiger partial charge in [-0.15, -0.1) is 11.3 Å². The third-order valence-electron chi connectivity index (χ3n) is 6.98. The molecule has 6 nitrogen and oxygen atoms in total. The molecule has 3 fully saturated rings. The van der Waals surface area contributed by atoms with Crippen LogP contribution in [0, 0.1) is 24.2 Å². The van der Waals surface area contributed by atoms with E-state index in [4.69, 9.17) is 0 Å². The molecule has 0 radical (unpaired) electrons. The largest absolute Gasteiger partial charge is 0.355 e. The van der Waals surface area contributed by atoms with Crippen molar-refractivity contribution in [3.63, 3.8) is 0 Å². The van der Waals surface area contributed by atoms with Crippen molar-refractivity contribution in [1.29, 1.82) is 0 Å². The number of aromatic nitrogens is 2. The van der Waals surface area contributed by atoms with E-state index in [1.165, 1.54) is 22.6 Å². The average Bonchev–Trinajstić information content (AvgIpc) is 3.43. The predicted molar refractivity (Wildman–Crippen MR) is 119 cm³/mol. The standard InChI is InChI=1S/C23H31N5OS/c1-17-4-7-20(30-17)15-27-11-2-8-23(21(29)26-12-18-5-6-18)16-28(14-19(23)13-27)22-24-9-3-10-25-22/h3-4,7,9-10,18-19H,2,5-6,8,11-16H2,1H3,(H,26,29)/t19-,23+/m0/s1. The topological polar surface area (TPSA) is 61.4 Å². The second-order valence-electron chi connectivity index (χ2n) is 9.29. The van der Waals surface area contributed by atoms with Crippen LogP contribution >= 0.6 is 11.3 Å². The number of nitrogens with zero attached hydrogens (tertiary/aromatic N) is 4. The Labute approximate surface area is 182 Å². The van der Waals surface area contributed by atoms with Crippen LogP contribution in [0.3, 0.4) is 0 Å². The second-order valence-corrected chi connectivity index (χ2v) is 10.7. The highest BCUT2D eigenvalue weighted by molar-refractivity contribution is 7.11. The number of aryl methyl sites for hydroxylation is 1. The molecule has 0 bridgehead atoms. The van der Waals surface area contributed by atoms with Crippen LogP contribution in [0.4, 0.5) is 5.95 Å². The summed E-state index contributed by atoms with van der Waals surface area (Å²) in [5, 5.41) is 3.32. The second kappa shape index (κ2) is 8.27. The number of thiophene rings is 1. The molecule has 0 spiro atoms. The van der Waals surface area contributed by atoms with Gasteiger partial charge in [-0.3, -0.25) is 9.69 Å². The molecular formula is C23H31N5OS. The van der Waals surface area contributed by atoms with Crippen LogP contribution in [0.2, 0.25) is 0 Å². The van der Waals surface area contributed by atoms with E-state index in [0.717, 1.165) is 58.1 Å². The van der Waals surface area contributed by atoms with Gasteiger partial charge >= 0.3 is 0 Å². The zero-order valence-electron chi connectivity index (χ0n) is 17.7. The highest BCUT2D eigenvalue weighted by Gasteiger charge is 2.53. The Kier molecular flexibility index (Phi) is 5.50. The normalized spacial score (nSPS) is 27.0. The molecule has 2 aliphatic heterocycles. The van der Waals surface area contributed by atoms with Crippen LogP contribution in [-0.2, 0) is 11.3 Å². The van der Waals surface area contributed by atoms with E-state index in [1.807, 2.05) is 17.4 Å². The summed E-state index contributed by atoms with van der Waals surface area (Å²) >= 11 is 1.88. The first-order chi connectivity index (χ1) is 14.6. The minimum Gasteiger partial charge on any atom is -0.355 e. The summed E-state index contributed by atoms with van der Waals surface area (Å²) in [6.45, 7) is 7.58. The molecule has 7 heteroatoms. The number of nitrogens with one attached hydrogen (secondary N) is 1. The molecule has 30 heavy (non-hydrogen) atoms. The van der Waals surface area contributed by atoms with Gasteiger partial charge in [0.1, 0.15) is 0 Å². The lowest BCUT2D eigenvalue weighted by atomic mass is 9.74. The van der Waals surface area contributed by atoms with Crippen LogP contribution < -0.4 is 10.2 Å². The highest BCUT2D eigenvalue weighted by atomic mass is 32.1. The molecule has 2 atom stereocenters. The van der Waals surface area contributed by atoms with Crippen molar-refractivity contribution >= 4 is 23.2 Å². The van der Waals surface area contributed by atoms with Gasteiger partial charge in [-0.05, 0) is 63.3 Å². The van der Waals surface area contributed by atoms with Crippen LogP contribution in [0.1, 0.15) is 35.4 Å². The molecular weight excluding hydrogens is 394 g/mol. The summed E-state index contributed by atoms with van der Waals surface area (Å²) in [7, 11) is 0. The Hall–Kier alpha value is -1.99. The molecule has 160 valence electrons. The lowest BCUT2D eigenvalue weighted by molar-refractivity contribution is -0.132. The van der Waals surface area contributed by atoms with Gasteiger partial charge in [0.15, 0.2) is 0 Å². The quantitative estimate of drug-likeness (QED) is 0.771. The molecule has 5 rings (SSSR count). The number of fused-ring (bicyclic) bond motifs is 1. The van der Waals surface area contributed by atoms with Crippen molar-refractivity contribution in [3.8, 4) is 0 Å². The Bertz CT molecular complexity index is 883. The van der Waals surface area contributed by atoms with E-state index in [0.29, 0.717) is 11.8 Å².